The van der Waals surface area contributed by atoms with Gasteiger partial charge in [0.2, 0.25) is 11.8 Å². The van der Waals surface area contributed by atoms with Crippen molar-refractivity contribution < 1.29 is 8.83 Å². The summed E-state index contributed by atoms with van der Waals surface area (Å²) >= 11 is 0. The summed E-state index contributed by atoms with van der Waals surface area (Å²) in [4.78, 5) is 4.54. The normalized spacial score (nSPS) is 12.6. The Morgan fingerprint density at radius 2 is 1.69 bits per heavy atom. The van der Waals surface area contributed by atoms with Crippen LogP contribution in [0.1, 0.15) is 44.5 Å². The van der Waals surface area contributed by atoms with Crippen molar-refractivity contribution in [2.75, 3.05) is 5.32 Å². The van der Waals surface area contributed by atoms with Crippen LogP contribution in [0.4, 0.5) is 5.69 Å². The first-order valence-corrected chi connectivity index (χ1v) is 8.66. The van der Waals surface area contributed by atoms with Crippen molar-refractivity contribution in [2.24, 2.45) is 0 Å². The van der Waals surface area contributed by atoms with E-state index >= 15 is 0 Å². The molecule has 4 aromatic rings. The first kappa shape index (κ1) is 16.3. The van der Waals surface area contributed by atoms with Gasteiger partial charge >= 0.3 is 0 Å². The van der Waals surface area contributed by atoms with Gasteiger partial charge < -0.3 is 14.2 Å². The number of benzene rings is 2. The van der Waals surface area contributed by atoms with E-state index < -0.39 is 0 Å². The smallest absolute Gasteiger partial charge is 0.247 e. The van der Waals surface area contributed by atoms with Crippen molar-refractivity contribution in [1.29, 1.82) is 0 Å². The Labute approximate surface area is 151 Å². The molecule has 0 aliphatic rings. The largest absolute Gasteiger partial charge is 0.440 e. The average molecular weight is 348 g/mol. The first-order valence-electron chi connectivity index (χ1n) is 8.66. The fourth-order valence-electron chi connectivity index (χ4n) is 2.70. The van der Waals surface area contributed by atoms with Gasteiger partial charge in [-0.2, -0.15) is 0 Å². The van der Waals surface area contributed by atoms with Crippen LogP contribution in [-0.4, -0.2) is 15.2 Å². The van der Waals surface area contributed by atoms with Crippen LogP contribution in [-0.2, 0) is 0 Å². The fourth-order valence-corrected chi connectivity index (χ4v) is 2.70. The standard InChI is InChI=1S/C20H20N4O2/c1-12(2)18-22-16-11-15(9-10-17(16)25-18)21-13(3)19-23-24-20(26-19)14-7-5-4-6-8-14/h4-13,21H,1-3H3/t13-/m1/s1. The van der Waals surface area contributed by atoms with Gasteiger partial charge in [0.05, 0.1) is 0 Å². The SMILES string of the molecule is CC(C)c1nc2cc(N[C@H](C)c3nnc(-c4ccccc4)o3)ccc2o1. The second-order valence-corrected chi connectivity index (χ2v) is 6.57. The highest BCUT2D eigenvalue weighted by Crippen LogP contribution is 2.27. The van der Waals surface area contributed by atoms with Crippen LogP contribution in [0.3, 0.4) is 0 Å². The molecule has 26 heavy (non-hydrogen) atoms. The lowest BCUT2D eigenvalue weighted by Crippen LogP contribution is -2.06. The summed E-state index contributed by atoms with van der Waals surface area (Å²) in [7, 11) is 0. The van der Waals surface area contributed by atoms with Gasteiger partial charge in [-0.3, -0.25) is 0 Å². The average Bonchev–Trinajstić information content (AvgIpc) is 3.29. The molecule has 0 radical (unpaired) electrons. The van der Waals surface area contributed by atoms with E-state index in [-0.39, 0.29) is 12.0 Å². The minimum Gasteiger partial charge on any atom is -0.440 e. The molecule has 0 saturated carbocycles. The molecule has 0 amide bonds. The van der Waals surface area contributed by atoms with Gasteiger partial charge in [-0.1, -0.05) is 32.0 Å². The van der Waals surface area contributed by atoms with Gasteiger partial charge in [-0.05, 0) is 37.3 Å². The van der Waals surface area contributed by atoms with E-state index in [1.165, 1.54) is 0 Å². The second-order valence-electron chi connectivity index (χ2n) is 6.57. The molecular weight excluding hydrogens is 328 g/mol. The summed E-state index contributed by atoms with van der Waals surface area (Å²) in [6.07, 6.45) is 0. The summed E-state index contributed by atoms with van der Waals surface area (Å²) in [5.41, 5.74) is 3.45. The van der Waals surface area contributed by atoms with Crippen molar-refractivity contribution in [3.8, 4) is 11.5 Å². The van der Waals surface area contributed by atoms with E-state index in [0.29, 0.717) is 11.8 Å². The van der Waals surface area contributed by atoms with E-state index in [2.05, 4.69) is 34.3 Å². The molecule has 0 unspecified atom stereocenters. The van der Waals surface area contributed by atoms with Gasteiger partial charge in [-0.25, -0.2) is 4.98 Å². The maximum atomic E-state index is 5.81. The van der Waals surface area contributed by atoms with Crippen LogP contribution in [0.25, 0.3) is 22.6 Å². The Kier molecular flexibility index (Phi) is 4.16. The molecule has 2 aromatic carbocycles. The van der Waals surface area contributed by atoms with Crippen LogP contribution >= 0.6 is 0 Å². The number of hydrogen-bond acceptors (Lipinski definition) is 6. The van der Waals surface area contributed by atoms with Crippen LogP contribution in [0.2, 0.25) is 0 Å². The molecule has 1 atom stereocenters. The molecule has 0 aliphatic carbocycles. The molecule has 0 fully saturated rings. The van der Waals surface area contributed by atoms with E-state index in [1.54, 1.807) is 0 Å². The summed E-state index contributed by atoms with van der Waals surface area (Å²) in [5.74, 6) is 2.05. The molecule has 2 heterocycles. The van der Waals surface area contributed by atoms with Crippen molar-refractivity contribution in [3.05, 3.63) is 60.3 Å². The number of nitrogens with zero attached hydrogens (tertiary/aromatic N) is 3. The third kappa shape index (κ3) is 3.18. The molecule has 0 spiro atoms. The van der Waals surface area contributed by atoms with Crippen molar-refractivity contribution >= 4 is 16.8 Å². The molecule has 0 aliphatic heterocycles. The lowest BCUT2D eigenvalue weighted by molar-refractivity contribution is 0.485. The predicted octanol–water partition coefficient (Wildman–Crippen LogP) is 5.17. The lowest BCUT2D eigenvalue weighted by atomic mass is 10.2. The van der Waals surface area contributed by atoms with Gasteiger partial charge in [0.1, 0.15) is 11.6 Å². The van der Waals surface area contributed by atoms with Crippen molar-refractivity contribution in [3.63, 3.8) is 0 Å². The predicted molar refractivity (Wildman–Crippen MR) is 99.9 cm³/mol. The number of anilines is 1. The topological polar surface area (TPSA) is 77.0 Å². The quantitative estimate of drug-likeness (QED) is 0.536. The van der Waals surface area contributed by atoms with E-state index in [9.17, 15) is 0 Å². The van der Waals surface area contributed by atoms with Gasteiger partial charge in [0, 0.05) is 17.2 Å². The van der Waals surface area contributed by atoms with E-state index in [4.69, 9.17) is 8.83 Å². The Morgan fingerprint density at radius 1 is 0.885 bits per heavy atom. The maximum absolute atomic E-state index is 5.81. The number of fused-ring (bicyclic) bond motifs is 1. The highest BCUT2D eigenvalue weighted by atomic mass is 16.4. The summed E-state index contributed by atoms with van der Waals surface area (Å²) in [6.45, 7) is 6.10. The Bertz CT molecular complexity index is 1020. The zero-order valence-corrected chi connectivity index (χ0v) is 14.9. The molecule has 0 saturated heterocycles. The number of nitrogens with one attached hydrogen (secondary N) is 1. The Morgan fingerprint density at radius 3 is 2.46 bits per heavy atom. The number of rotatable bonds is 5. The van der Waals surface area contributed by atoms with Crippen molar-refractivity contribution in [1.82, 2.24) is 15.2 Å². The molecule has 6 nitrogen and oxygen atoms in total. The highest BCUT2D eigenvalue weighted by Gasteiger charge is 2.16. The summed E-state index contributed by atoms with van der Waals surface area (Å²) < 4.78 is 11.6. The Balaban J connectivity index is 1.53. The second kappa shape index (κ2) is 6.63. The molecule has 1 N–H and O–H groups in total. The molecule has 4 rings (SSSR count). The summed E-state index contributed by atoms with van der Waals surface area (Å²) in [6, 6.07) is 15.5. The first-order chi connectivity index (χ1) is 12.6. The monoisotopic (exact) mass is 348 g/mol. The van der Waals surface area contributed by atoms with Crippen LogP contribution in [0.5, 0.6) is 0 Å². The van der Waals surface area contributed by atoms with E-state index in [0.717, 1.165) is 28.2 Å². The third-order valence-corrected chi connectivity index (χ3v) is 4.11. The van der Waals surface area contributed by atoms with Crippen LogP contribution in [0.15, 0.2) is 57.4 Å². The zero-order valence-electron chi connectivity index (χ0n) is 14.9. The zero-order chi connectivity index (χ0) is 18.1. The molecule has 132 valence electrons. The molecule has 6 heteroatoms. The molecule has 2 aromatic heterocycles. The highest BCUT2D eigenvalue weighted by molar-refractivity contribution is 5.77. The number of oxazole rings is 1. The number of aromatic nitrogens is 3. The minimum absolute atomic E-state index is 0.131. The maximum Gasteiger partial charge on any atom is 0.247 e. The third-order valence-electron chi connectivity index (χ3n) is 4.11. The van der Waals surface area contributed by atoms with Gasteiger partial charge in [-0.15, -0.1) is 10.2 Å². The summed E-state index contributed by atoms with van der Waals surface area (Å²) in [5, 5.41) is 11.7. The lowest BCUT2D eigenvalue weighted by Gasteiger charge is -2.10. The van der Waals surface area contributed by atoms with Crippen molar-refractivity contribution in [2.45, 2.75) is 32.7 Å². The Hall–Kier alpha value is -3.15. The van der Waals surface area contributed by atoms with E-state index in [1.807, 2.05) is 55.5 Å². The fraction of sp³-hybridized carbons (Fsp3) is 0.250. The van der Waals surface area contributed by atoms with Crippen LogP contribution < -0.4 is 5.32 Å². The number of hydrogen-bond donors (Lipinski definition) is 1. The minimum atomic E-state index is -0.131. The molecular formula is C20H20N4O2. The van der Waals surface area contributed by atoms with Gasteiger partial charge in [0.25, 0.3) is 0 Å². The molecule has 0 bridgehead atoms. The van der Waals surface area contributed by atoms with Crippen LogP contribution in [0, 0.1) is 0 Å². The van der Waals surface area contributed by atoms with Gasteiger partial charge in [0.15, 0.2) is 11.5 Å².